The predicted octanol–water partition coefficient (Wildman–Crippen LogP) is -0.673. The Balaban J connectivity index is 2.16. The molecule has 0 saturated carbocycles. The standard InChI is InChI=1S/C11H17N5O3/c1-5(12)9-10(13)14-4-15-11(9)16-8-2-6(18)7(3-17)19-8/h4,6-8,12,17-18H,2-3H2,1H3,(H3,13,14,15,16). The van der Waals surface area contributed by atoms with Gasteiger partial charge in [0.05, 0.1) is 18.3 Å². The highest BCUT2D eigenvalue weighted by atomic mass is 16.5. The maximum absolute atomic E-state index is 9.65. The van der Waals surface area contributed by atoms with Gasteiger partial charge < -0.3 is 31.4 Å². The van der Waals surface area contributed by atoms with Crippen LogP contribution in [0.15, 0.2) is 6.33 Å². The molecule has 6 N–H and O–H groups in total. The van der Waals surface area contributed by atoms with Crippen molar-refractivity contribution in [3.8, 4) is 0 Å². The van der Waals surface area contributed by atoms with E-state index in [4.69, 9.17) is 21.0 Å². The molecule has 2 rings (SSSR count). The Morgan fingerprint density at radius 2 is 2.37 bits per heavy atom. The van der Waals surface area contributed by atoms with Crippen molar-refractivity contribution in [2.45, 2.75) is 31.8 Å². The van der Waals surface area contributed by atoms with Crippen molar-refractivity contribution in [3.05, 3.63) is 11.9 Å². The maximum Gasteiger partial charge on any atom is 0.142 e. The minimum absolute atomic E-state index is 0.210. The summed E-state index contributed by atoms with van der Waals surface area (Å²) in [5.74, 6) is 0.595. The smallest absolute Gasteiger partial charge is 0.142 e. The first-order chi connectivity index (χ1) is 9.02. The van der Waals surface area contributed by atoms with Gasteiger partial charge in [-0.2, -0.15) is 0 Å². The van der Waals surface area contributed by atoms with Crippen LogP contribution in [0, 0.1) is 5.41 Å². The molecular formula is C11H17N5O3. The Hall–Kier alpha value is -1.77. The highest BCUT2D eigenvalue weighted by molar-refractivity contribution is 6.04. The van der Waals surface area contributed by atoms with Crippen molar-refractivity contribution in [1.29, 1.82) is 5.41 Å². The Morgan fingerprint density at radius 1 is 1.63 bits per heavy atom. The average Bonchev–Trinajstić information content (AvgIpc) is 2.69. The largest absolute Gasteiger partial charge is 0.394 e. The first kappa shape index (κ1) is 13.7. The van der Waals surface area contributed by atoms with Crippen LogP contribution in [0.4, 0.5) is 11.6 Å². The molecule has 1 saturated heterocycles. The highest BCUT2D eigenvalue weighted by Crippen LogP contribution is 2.24. The topological polar surface area (TPSA) is 137 Å². The zero-order valence-corrected chi connectivity index (χ0v) is 10.5. The van der Waals surface area contributed by atoms with Gasteiger partial charge in [-0.3, -0.25) is 0 Å². The lowest BCUT2D eigenvalue weighted by atomic mass is 10.1. The number of aromatic nitrogens is 2. The molecule has 1 aromatic rings. The predicted molar refractivity (Wildman–Crippen MR) is 68.9 cm³/mol. The van der Waals surface area contributed by atoms with E-state index in [0.29, 0.717) is 17.8 Å². The van der Waals surface area contributed by atoms with Crippen molar-refractivity contribution >= 4 is 17.3 Å². The van der Waals surface area contributed by atoms with E-state index in [1.165, 1.54) is 6.33 Å². The number of anilines is 2. The lowest BCUT2D eigenvalue weighted by molar-refractivity contribution is -0.0149. The molecule has 8 heteroatoms. The second-order valence-electron chi connectivity index (χ2n) is 4.40. The van der Waals surface area contributed by atoms with Gasteiger partial charge in [-0.1, -0.05) is 0 Å². The molecular weight excluding hydrogens is 250 g/mol. The number of aliphatic hydroxyl groups excluding tert-OH is 2. The number of hydrogen-bond donors (Lipinski definition) is 5. The van der Waals surface area contributed by atoms with Crippen LogP contribution in [0.3, 0.4) is 0 Å². The number of nitrogens with two attached hydrogens (primary N) is 1. The van der Waals surface area contributed by atoms with E-state index in [-0.39, 0.29) is 18.1 Å². The van der Waals surface area contributed by atoms with Gasteiger partial charge in [-0.25, -0.2) is 9.97 Å². The molecule has 0 radical (unpaired) electrons. The fourth-order valence-corrected chi connectivity index (χ4v) is 2.02. The summed E-state index contributed by atoms with van der Waals surface area (Å²) in [6.07, 6.45) is -0.211. The summed E-state index contributed by atoms with van der Waals surface area (Å²) in [6.45, 7) is 1.34. The summed E-state index contributed by atoms with van der Waals surface area (Å²) in [7, 11) is 0. The average molecular weight is 267 g/mol. The molecule has 1 aliphatic heterocycles. The lowest BCUT2D eigenvalue weighted by Crippen LogP contribution is -2.25. The SMILES string of the molecule is CC(=N)c1c(N)ncnc1NC1CC(O)C(CO)O1. The van der Waals surface area contributed by atoms with E-state index in [9.17, 15) is 5.11 Å². The van der Waals surface area contributed by atoms with Crippen LogP contribution in [0.25, 0.3) is 0 Å². The molecule has 0 aromatic carbocycles. The third-order valence-corrected chi connectivity index (χ3v) is 2.95. The first-order valence-corrected chi connectivity index (χ1v) is 5.89. The third kappa shape index (κ3) is 2.80. The summed E-state index contributed by atoms with van der Waals surface area (Å²) >= 11 is 0. The van der Waals surface area contributed by atoms with Crippen molar-refractivity contribution in [2.75, 3.05) is 17.7 Å². The van der Waals surface area contributed by atoms with E-state index >= 15 is 0 Å². The quantitative estimate of drug-likeness (QED) is 0.456. The molecule has 104 valence electrons. The zero-order valence-electron chi connectivity index (χ0n) is 10.5. The lowest BCUT2D eigenvalue weighted by Gasteiger charge is -2.16. The first-order valence-electron chi connectivity index (χ1n) is 5.89. The number of nitrogen functional groups attached to an aromatic ring is 1. The molecule has 2 heterocycles. The molecule has 0 aliphatic carbocycles. The van der Waals surface area contributed by atoms with Crippen LogP contribution in [-0.2, 0) is 4.74 Å². The minimum Gasteiger partial charge on any atom is -0.394 e. The fraction of sp³-hybridized carbons (Fsp3) is 0.545. The monoisotopic (exact) mass is 267 g/mol. The molecule has 19 heavy (non-hydrogen) atoms. The number of rotatable bonds is 4. The molecule has 8 nitrogen and oxygen atoms in total. The van der Waals surface area contributed by atoms with Crippen LogP contribution in [0.5, 0.6) is 0 Å². The summed E-state index contributed by atoms with van der Waals surface area (Å²) in [6, 6.07) is 0. The van der Waals surface area contributed by atoms with Gasteiger partial charge in [0.15, 0.2) is 0 Å². The van der Waals surface area contributed by atoms with Crippen LogP contribution in [-0.4, -0.2) is 50.9 Å². The second-order valence-corrected chi connectivity index (χ2v) is 4.40. The van der Waals surface area contributed by atoms with Crippen LogP contribution >= 0.6 is 0 Å². The third-order valence-electron chi connectivity index (χ3n) is 2.95. The van der Waals surface area contributed by atoms with Gasteiger partial charge in [0.25, 0.3) is 0 Å². The molecule has 3 unspecified atom stereocenters. The van der Waals surface area contributed by atoms with Gasteiger partial charge in [0, 0.05) is 12.1 Å². The summed E-state index contributed by atoms with van der Waals surface area (Å²) in [4.78, 5) is 7.87. The molecule has 0 spiro atoms. The van der Waals surface area contributed by atoms with E-state index in [0.717, 1.165) is 0 Å². The van der Waals surface area contributed by atoms with Crippen molar-refractivity contribution in [2.24, 2.45) is 0 Å². The summed E-state index contributed by atoms with van der Waals surface area (Å²) < 4.78 is 5.42. The van der Waals surface area contributed by atoms with Gasteiger partial charge in [0.1, 0.15) is 30.3 Å². The molecule has 1 fully saturated rings. The number of aliphatic hydroxyl groups is 2. The van der Waals surface area contributed by atoms with E-state index in [1.807, 2.05) is 0 Å². The van der Waals surface area contributed by atoms with Crippen LogP contribution in [0.2, 0.25) is 0 Å². The number of nitrogens with zero attached hydrogens (tertiary/aromatic N) is 2. The fourth-order valence-electron chi connectivity index (χ4n) is 2.02. The molecule has 0 bridgehead atoms. The summed E-state index contributed by atoms with van der Waals surface area (Å²) in [5.41, 5.74) is 6.36. The molecule has 3 atom stereocenters. The Morgan fingerprint density at radius 3 is 2.95 bits per heavy atom. The zero-order chi connectivity index (χ0) is 14.0. The second kappa shape index (κ2) is 5.47. The molecule has 0 amide bonds. The number of nitrogens with one attached hydrogen (secondary N) is 2. The van der Waals surface area contributed by atoms with Crippen LogP contribution in [0.1, 0.15) is 18.9 Å². The number of ether oxygens (including phenoxy) is 1. The van der Waals surface area contributed by atoms with Gasteiger partial charge in [-0.05, 0) is 6.92 Å². The maximum atomic E-state index is 9.65. The van der Waals surface area contributed by atoms with E-state index in [1.54, 1.807) is 6.92 Å². The minimum atomic E-state index is -0.730. The van der Waals surface area contributed by atoms with E-state index in [2.05, 4.69) is 15.3 Å². The highest BCUT2D eigenvalue weighted by Gasteiger charge is 2.34. The Labute approximate surface area is 110 Å². The number of hydrogen-bond acceptors (Lipinski definition) is 8. The van der Waals surface area contributed by atoms with Gasteiger partial charge in [0.2, 0.25) is 0 Å². The van der Waals surface area contributed by atoms with E-state index < -0.39 is 18.4 Å². The van der Waals surface area contributed by atoms with Gasteiger partial charge >= 0.3 is 0 Å². The van der Waals surface area contributed by atoms with Crippen LogP contribution < -0.4 is 11.1 Å². The van der Waals surface area contributed by atoms with Gasteiger partial charge in [-0.15, -0.1) is 0 Å². The van der Waals surface area contributed by atoms with Crippen molar-refractivity contribution in [3.63, 3.8) is 0 Å². The van der Waals surface area contributed by atoms with Crippen molar-refractivity contribution in [1.82, 2.24) is 9.97 Å². The summed E-state index contributed by atoms with van der Waals surface area (Å²) in [5, 5.41) is 29.3. The normalized spacial score (nSPS) is 26.4. The molecule has 1 aromatic heterocycles. The molecule has 1 aliphatic rings. The van der Waals surface area contributed by atoms with Crippen molar-refractivity contribution < 1.29 is 14.9 Å². The Bertz CT molecular complexity index is 481. The Kier molecular flexibility index (Phi) is 3.93.